The molecule has 7 nitrogen and oxygen atoms in total. The van der Waals surface area contributed by atoms with Gasteiger partial charge in [0.15, 0.2) is 5.82 Å². The lowest BCUT2D eigenvalue weighted by Crippen LogP contribution is -2.17. The van der Waals surface area contributed by atoms with Gasteiger partial charge in [0.2, 0.25) is 4.77 Å². The number of hydrogen-bond donors (Lipinski definition) is 1. The summed E-state index contributed by atoms with van der Waals surface area (Å²) in [5, 5.41) is 11.5. The summed E-state index contributed by atoms with van der Waals surface area (Å²) in [6.45, 7) is 6.12. The normalized spacial score (nSPS) is 11.8. The first-order valence-corrected chi connectivity index (χ1v) is 7.75. The van der Waals surface area contributed by atoms with Crippen LogP contribution in [0.25, 0.3) is 0 Å². The van der Waals surface area contributed by atoms with Gasteiger partial charge in [0, 0.05) is 17.5 Å². The van der Waals surface area contributed by atoms with Gasteiger partial charge in [-0.2, -0.15) is 14.9 Å². The van der Waals surface area contributed by atoms with E-state index in [1.54, 1.807) is 44.4 Å². The standard InChI is InChI=1S/C16H22N4O3S/c1-16(2,3)14-18-19-15(24)20(14)17-9-11-12(22-5)7-10(21-4)8-13(11)23-6/h7-9H,1-6H3,(H,19,24). The third-order valence-corrected chi connectivity index (χ3v) is 3.64. The topological polar surface area (TPSA) is 73.7 Å². The molecule has 2 aromatic rings. The Bertz CT molecular complexity index is 777. The summed E-state index contributed by atoms with van der Waals surface area (Å²) in [6.07, 6.45) is 1.64. The van der Waals surface area contributed by atoms with Crippen LogP contribution in [-0.4, -0.2) is 42.4 Å². The second-order valence-electron chi connectivity index (χ2n) is 6.10. The summed E-state index contributed by atoms with van der Waals surface area (Å²) in [5.41, 5.74) is 0.475. The maximum Gasteiger partial charge on any atom is 0.216 e. The van der Waals surface area contributed by atoms with E-state index in [0.717, 1.165) is 5.82 Å². The first-order valence-electron chi connectivity index (χ1n) is 7.34. The minimum atomic E-state index is -0.209. The molecule has 2 rings (SSSR count). The predicted octanol–water partition coefficient (Wildman–Crippen LogP) is 3.15. The van der Waals surface area contributed by atoms with Crippen LogP contribution in [0.4, 0.5) is 0 Å². The molecule has 0 saturated carbocycles. The molecule has 130 valence electrons. The van der Waals surface area contributed by atoms with E-state index in [1.165, 1.54) is 0 Å². The fraction of sp³-hybridized carbons (Fsp3) is 0.438. The summed E-state index contributed by atoms with van der Waals surface area (Å²) in [7, 11) is 4.74. The number of hydrogen-bond acceptors (Lipinski definition) is 6. The Hall–Kier alpha value is -2.35. The van der Waals surface area contributed by atoms with Crippen molar-refractivity contribution in [3.05, 3.63) is 28.3 Å². The monoisotopic (exact) mass is 350 g/mol. The second kappa shape index (κ2) is 7.04. The lowest BCUT2D eigenvalue weighted by atomic mass is 9.96. The minimum absolute atomic E-state index is 0.209. The number of benzene rings is 1. The summed E-state index contributed by atoms with van der Waals surface area (Å²) >= 11 is 5.27. The zero-order valence-electron chi connectivity index (χ0n) is 14.7. The molecule has 0 amide bonds. The highest BCUT2D eigenvalue weighted by atomic mass is 32.1. The van der Waals surface area contributed by atoms with Gasteiger partial charge in [-0.25, -0.2) is 0 Å². The van der Waals surface area contributed by atoms with Crippen molar-refractivity contribution >= 4 is 18.4 Å². The van der Waals surface area contributed by atoms with Crippen molar-refractivity contribution in [2.24, 2.45) is 5.10 Å². The minimum Gasteiger partial charge on any atom is -0.496 e. The maximum atomic E-state index is 5.42. The number of methoxy groups -OCH3 is 3. The van der Waals surface area contributed by atoms with Gasteiger partial charge >= 0.3 is 0 Å². The molecule has 1 aromatic heterocycles. The number of nitrogens with zero attached hydrogens (tertiary/aromatic N) is 3. The van der Waals surface area contributed by atoms with Crippen molar-refractivity contribution < 1.29 is 14.2 Å². The smallest absolute Gasteiger partial charge is 0.216 e. The third-order valence-electron chi connectivity index (χ3n) is 3.38. The Morgan fingerprint density at radius 3 is 2.17 bits per heavy atom. The maximum absolute atomic E-state index is 5.42. The van der Waals surface area contributed by atoms with Crippen LogP contribution in [0.1, 0.15) is 32.2 Å². The molecule has 0 unspecified atom stereocenters. The van der Waals surface area contributed by atoms with Crippen LogP contribution in [0.2, 0.25) is 0 Å². The van der Waals surface area contributed by atoms with Crippen molar-refractivity contribution in [3.63, 3.8) is 0 Å². The lowest BCUT2D eigenvalue weighted by molar-refractivity contribution is 0.374. The van der Waals surface area contributed by atoms with Crippen LogP contribution in [0.5, 0.6) is 17.2 Å². The van der Waals surface area contributed by atoms with E-state index in [0.29, 0.717) is 27.6 Å². The molecule has 1 heterocycles. The van der Waals surface area contributed by atoms with Crippen LogP contribution in [0.3, 0.4) is 0 Å². The lowest BCUT2D eigenvalue weighted by Gasteiger charge is -2.16. The van der Waals surface area contributed by atoms with Gasteiger partial charge in [-0.05, 0) is 12.2 Å². The quantitative estimate of drug-likeness (QED) is 0.662. The first-order chi connectivity index (χ1) is 11.3. The van der Waals surface area contributed by atoms with E-state index >= 15 is 0 Å². The Morgan fingerprint density at radius 1 is 1.12 bits per heavy atom. The van der Waals surface area contributed by atoms with Crippen molar-refractivity contribution in [2.45, 2.75) is 26.2 Å². The second-order valence-corrected chi connectivity index (χ2v) is 6.49. The van der Waals surface area contributed by atoms with E-state index in [2.05, 4.69) is 15.3 Å². The Morgan fingerprint density at radius 2 is 1.71 bits per heavy atom. The highest BCUT2D eigenvalue weighted by Crippen LogP contribution is 2.32. The number of H-pyrrole nitrogens is 1. The highest BCUT2D eigenvalue weighted by Gasteiger charge is 2.21. The highest BCUT2D eigenvalue weighted by molar-refractivity contribution is 7.71. The van der Waals surface area contributed by atoms with E-state index in [4.69, 9.17) is 26.4 Å². The summed E-state index contributed by atoms with van der Waals surface area (Å²) < 4.78 is 18.1. The van der Waals surface area contributed by atoms with Gasteiger partial charge in [-0.1, -0.05) is 20.8 Å². The zero-order chi connectivity index (χ0) is 17.9. The average Bonchev–Trinajstić information content (AvgIpc) is 2.93. The summed E-state index contributed by atoms with van der Waals surface area (Å²) in [5.74, 6) is 2.54. The van der Waals surface area contributed by atoms with Gasteiger partial charge in [-0.3, -0.25) is 5.10 Å². The molecule has 0 aliphatic carbocycles. The number of rotatable bonds is 5. The molecule has 0 atom stereocenters. The molecule has 8 heteroatoms. The number of aromatic amines is 1. The molecule has 0 saturated heterocycles. The largest absolute Gasteiger partial charge is 0.496 e. The number of ether oxygens (including phenoxy) is 3. The van der Waals surface area contributed by atoms with Gasteiger partial charge in [-0.15, -0.1) is 0 Å². The van der Waals surface area contributed by atoms with E-state index in [-0.39, 0.29) is 5.41 Å². The van der Waals surface area contributed by atoms with Crippen LogP contribution in [0.15, 0.2) is 17.2 Å². The van der Waals surface area contributed by atoms with Crippen LogP contribution < -0.4 is 14.2 Å². The fourth-order valence-corrected chi connectivity index (χ4v) is 2.34. The van der Waals surface area contributed by atoms with Crippen molar-refractivity contribution in [2.75, 3.05) is 21.3 Å². The molecule has 1 N–H and O–H groups in total. The molecule has 0 radical (unpaired) electrons. The first kappa shape index (κ1) is 18.0. The Balaban J connectivity index is 2.54. The molecular formula is C16H22N4O3S. The van der Waals surface area contributed by atoms with Crippen molar-refractivity contribution in [3.8, 4) is 17.2 Å². The molecule has 24 heavy (non-hydrogen) atoms. The molecule has 0 aliphatic rings. The summed E-state index contributed by atoms with van der Waals surface area (Å²) in [4.78, 5) is 0. The zero-order valence-corrected chi connectivity index (χ0v) is 15.5. The Labute approximate surface area is 146 Å². The van der Waals surface area contributed by atoms with Crippen LogP contribution in [-0.2, 0) is 5.41 Å². The van der Waals surface area contributed by atoms with Gasteiger partial charge < -0.3 is 14.2 Å². The van der Waals surface area contributed by atoms with Crippen molar-refractivity contribution in [1.82, 2.24) is 14.9 Å². The fourth-order valence-electron chi connectivity index (χ4n) is 2.16. The van der Waals surface area contributed by atoms with E-state index in [1.807, 2.05) is 20.8 Å². The Kier molecular flexibility index (Phi) is 5.28. The van der Waals surface area contributed by atoms with Gasteiger partial charge in [0.25, 0.3) is 0 Å². The third kappa shape index (κ3) is 3.59. The SMILES string of the molecule is COc1cc(OC)c(C=Nn2c(C(C)(C)C)n[nH]c2=S)c(OC)c1. The molecular weight excluding hydrogens is 328 g/mol. The number of nitrogens with one attached hydrogen (secondary N) is 1. The van der Waals surface area contributed by atoms with Gasteiger partial charge in [0.05, 0.1) is 33.1 Å². The van der Waals surface area contributed by atoms with E-state index < -0.39 is 0 Å². The molecule has 0 fully saturated rings. The molecule has 0 aliphatic heterocycles. The van der Waals surface area contributed by atoms with Crippen molar-refractivity contribution in [1.29, 1.82) is 0 Å². The predicted molar refractivity (Wildman–Crippen MR) is 95.2 cm³/mol. The van der Waals surface area contributed by atoms with Crippen LogP contribution in [0, 0.1) is 4.77 Å². The molecule has 0 bridgehead atoms. The molecule has 0 spiro atoms. The number of aromatic nitrogens is 3. The molecule has 1 aromatic carbocycles. The van der Waals surface area contributed by atoms with Gasteiger partial charge in [0.1, 0.15) is 17.2 Å². The van der Waals surface area contributed by atoms with Crippen LogP contribution >= 0.6 is 12.2 Å². The summed E-state index contributed by atoms with van der Waals surface area (Å²) in [6, 6.07) is 3.53. The van der Waals surface area contributed by atoms with E-state index in [9.17, 15) is 0 Å². The average molecular weight is 350 g/mol.